The Morgan fingerprint density at radius 1 is 1.42 bits per heavy atom. The zero-order valence-corrected chi connectivity index (χ0v) is 12.3. The standard InChI is InChI=1S/C12H16ClFN2O2S/c1-8-6-16(2)7-11(8)15-19(17,18)12-4-3-9(14)5-10(12)13/h3-5,8,11,15H,6-7H2,1-2H3/t8-,11-/m1/s1. The van der Waals surface area contributed by atoms with E-state index in [1.807, 2.05) is 14.0 Å². The molecule has 1 aromatic rings. The highest BCUT2D eigenvalue weighted by Crippen LogP contribution is 2.24. The van der Waals surface area contributed by atoms with Crippen molar-refractivity contribution < 1.29 is 12.8 Å². The van der Waals surface area contributed by atoms with Crippen LogP contribution in [0.2, 0.25) is 5.02 Å². The molecular formula is C12H16ClFN2O2S. The lowest BCUT2D eigenvalue weighted by atomic mass is 10.1. The van der Waals surface area contributed by atoms with E-state index in [1.54, 1.807) is 0 Å². The molecule has 1 fully saturated rings. The van der Waals surface area contributed by atoms with Gasteiger partial charge in [0.15, 0.2) is 0 Å². The summed E-state index contributed by atoms with van der Waals surface area (Å²) in [4.78, 5) is 1.97. The van der Waals surface area contributed by atoms with Gasteiger partial charge in [0.2, 0.25) is 10.0 Å². The second-order valence-corrected chi connectivity index (χ2v) is 7.09. The molecule has 0 spiro atoms. The van der Waals surface area contributed by atoms with Crippen molar-refractivity contribution >= 4 is 21.6 Å². The quantitative estimate of drug-likeness (QED) is 0.925. The van der Waals surface area contributed by atoms with Crippen molar-refractivity contribution in [3.8, 4) is 0 Å². The zero-order chi connectivity index (χ0) is 14.2. The molecule has 1 saturated heterocycles. The number of nitrogens with one attached hydrogen (secondary N) is 1. The molecule has 0 aliphatic carbocycles. The first-order chi connectivity index (χ1) is 8.79. The lowest BCUT2D eigenvalue weighted by Gasteiger charge is -2.17. The minimum Gasteiger partial charge on any atom is -0.304 e. The van der Waals surface area contributed by atoms with Gasteiger partial charge in [-0.2, -0.15) is 0 Å². The van der Waals surface area contributed by atoms with E-state index >= 15 is 0 Å². The summed E-state index contributed by atoms with van der Waals surface area (Å²) in [6.45, 7) is 3.48. The number of nitrogens with zero attached hydrogens (tertiary/aromatic N) is 1. The summed E-state index contributed by atoms with van der Waals surface area (Å²) in [6.07, 6.45) is 0. The van der Waals surface area contributed by atoms with Gasteiger partial charge in [-0.3, -0.25) is 0 Å². The Morgan fingerprint density at radius 3 is 2.63 bits per heavy atom. The lowest BCUT2D eigenvalue weighted by Crippen LogP contribution is -2.39. The lowest BCUT2D eigenvalue weighted by molar-refractivity contribution is 0.400. The van der Waals surface area contributed by atoms with Crippen molar-refractivity contribution in [1.82, 2.24) is 9.62 Å². The average Bonchev–Trinajstić information content (AvgIpc) is 2.55. The van der Waals surface area contributed by atoms with Crippen LogP contribution in [-0.2, 0) is 10.0 Å². The number of hydrogen-bond donors (Lipinski definition) is 1. The molecule has 0 bridgehead atoms. The predicted molar refractivity (Wildman–Crippen MR) is 72.2 cm³/mol. The highest BCUT2D eigenvalue weighted by Gasteiger charge is 2.32. The molecule has 0 unspecified atom stereocenters. The van der Waals surface area contributed by atoms with Gasteiger partial charge in [-0.25, -0.2) is 17.5 Å². The SMILES string of the molecule is C[C@@H]1CN(C)C[C@H]1NS(=O)(=O)c1ccc(F)cc1Cl. The van der Waals surface area contributed by atoms with Crippen LogP contribution in [0.1, 0.15) is 6.92 Å². The monoisotopic (exact) mass is 306 g/mol. The molecule has 0 saturated carbocycles. The number of benzene rings is 1. The van der Waals surface area contributed by atoms with Crippen LogP contribution in [-0.4, -0.2) is 39.5 Å². The molecule has 19 heavy (non-hydrogen) atoms. The molecule has 1 N–H and O–H groups in total. The van der Waals surface area contributed by atoms with Gasteiger partial charge in [0.25, 0.3) is 0 Å². The summed E-state index contributed by atoms with van der Waals surface area (Å²) in [6, 6.07) is 3.12. The fourth-order valence-corrected chi connectivity index (χ4v) is 4.19. The first-order valence-corrected chi connectivity index (χ1v) is 7.81. The topological polar surface area (TPSA) is 49.4 Å². The third-order valence-electron chi connectivity index (χ3n) is 3.28. The second-order valence-electron chi connectivity index (χ2n) is 5.00. The molecule has 7 heteroatoms. The van der Waals surface area contributed by atoms with Gasteiger partial charge in [0.1, 0.15) is 10.7 Å². The van der Waals surface area contributed by atoms with Crippen LogP contribution in [0, 0.1) is 11.7 Å². The largest absolute Gasteiger partial charge is 0.304 e. The van der Waals surface area contributed by atoms with Crippen molar-refractivity contribution in [1.29, 1.82) is 0 Å². The van der Waals surface area contributed by atoms with Crippen molar-refractivity contribution in [2.24, 2.45) is 5.92 Å². The highest BCUT2D eigenvalue weighted by molar-refractivity contribution is 7.89. The van der Waals surface area contributed by atoms with E-state index in [2.05, 4.69) is 9.62 Å². The molecule has 2 atom stereocenters. The average molecular weight is 307 g/mol. The van der Waals surface area contributed by atoms with Crippen LogP contribution >= 0.6 is 11.6 Å². The van der Waals surface area contributed by atoms with Gasteiger partial charge in [0, 0.05) is 19.1 Å². The van der Waals surface area contributed by atoms with Crippen molar-refractivity contribution in [2.45, 2.75) is 17.9 Å². The van der Waals surface area contributed by atoms with Gasteiger partial charge in [-0.15, -0.1) is 0 Å². The Hall–Kier alpha value is -0.690. The number of hydrogen-bond acceptors (Lipinski definition) is 3. The van der Waals surface area contributed by atoms with Gasteiger partial charge < -0.3 is 4.90 Å². The van der Waals surface area contributed by atoms with Gasteiger partial charge in [-0.05, 0) is 31.2 Å². The maximum Gasteiger partial charge on any atom is 0.242 e. The van der Waals surface area contributed by atoms with Gasteiger partial charge in [-0.1, -0.05) is 18.5 Å². The van der Waals surface area contributed by atoms with E-state index in [-0.39, 0.29) is 21.9 Å². The summed E-state index contributed by atoms with van der Waals surface area (Å²) in [5.74, 6) is -0.336. The van der Waals surface area contributed by atoms with Crippen molar-refractivity contribution in [3.05, 3.63) is 29.0 Å². The molecule has 1 aromatic carbocycles. The van der Waals surface area contributed by atoms with Crippen LogP contribution in [0.15, 0.2) is 23.1 Å². The molecule has 2 rings (SSSR count). The molecule has 1 aliphatic heterocycles. The van der Waals surface area contributed by atoms with Crippen molar-refractivity contribution in [3.63, 3.8) is 0 Å². The summed E-state index contributed by atoms with van der Waals surface area (Å²) in [5, 5.41) is -0.105. The third-order valence-corrected chi connectivity index (χ3v) is 5.26. The number of rotatable bonds is 3. The smallest absolute Gasteiger partial charge is 0.242 e. The molecular weight excluding hydrogens is 291 g/mol. The van der Waals surface area contributed by atoms with Crippen LogP contribution in [0.25, 0.3) is 0 Å². The van der Waals surface area contributed by atoms with Crippen LogP contribution < -0.4 is 4.72 Å². The van der Waals surface area contributed by atoms with E-state index in [1.165, 1.54) is 6.07 Å². The summed E-state index contributed by atoms with van der Waals surface area (Å²) in [7, 11) is -1.78. The molecule has 0 aromatic heterocycles. The highest BCUT2D eigenvalue weighted by atomic mass is 35.5. The number of likely N-dealkylation sites (tertiary alicyclic amines) is 1. The fraction of sp³-hybridized carbons (Fsp3) is 0.500. The molecule has 0 radical (unpaired) electrons. The first kappa shape index (κ1) is 14.7. The normalized spacial score (nSPS) is 24.8. The van der Waals surface area contributed by atoms with Crippen molar-refractivity contribution in [2.75, 3.05) is 20.1 Å². The second kappa shape index (κ2) is 5.36. The van der Waals surface area contributed by atoms with Crippen LogP contribution in [0.5, 0.6) is 0 Å². The van der Waals surface area contributed by atoms with Gasteiger partial charge >= 0.3 is 0 Å². The fourth-order valence-electron chi connectivity index (χ4n) is 2.32. The Balaban J connectivity index is 2.23. The first-order valence-electron chi connectivity index (χ1n) is 5.95. The van der Waals surface area contributed by atoms with E-state index in [0.29, 0.717) is 6.54 Å². The summed E-state index contributed by atoms with van der Waals surface area (Å²) in [5.41, 5.74) is 0. The Kier molecular flexibility index (Phi) is 4.15. The minimum atomic E-state index is -3.72. The maximum atomic E-state index is 12.9. The van der Waals surface area contributed by atoms with E-state index in [9.17, 15) is 12.8 Å². The maximum absolute atomic E-state index is 12.9. The van der Waals surface area contributed by atoms with E-state index in [0.717, 1.165) is 18.7 Å². The molecule has 1 heterocycles. The minimum absolute atomic E-state index is 0.0858. The predicted octanol–water partition coefficient (Wildman–Crippen LogP) is 1.71. The summed E-state index contributed by atoms with van der Waals surface area (Å²) < 4.78 is 40.1. The Labute approximate surface area is 117 Å². The molecule has 106 valence electrons. The number of sulfonamides is 1. The summed E-state index contributed by atoms with van der Waals surface area (Å²) >= 11 is 5.79. The third kappa shape index (κ3) is 3.25. The van der Waals surface area contributed by atoms with Gasteiger partial charge in [0.05, 0.1) is 5.02 Å². The Bertz CT molecular complexity index is 579. The molecule has 4 nitrogen and oxygen atoms in total. The molecule has 0 amide bonds. The van der Waals surface area contributed by atoms with Crippen LogP contribution in [0.4, 0.5) is 4.39 Å². The van der Waals surface area contributed by atoms with E-state index < -0.39 is 15.8 Å². The number of halogens is 2. The number of likely N-dealkylation sites (N-methyl/N-ethyl adjacent to an activating group) is 1. The Morgan fingerprint density at radius 2 is 2.11 bits per heavy atom. The van der Waals surface area contributed by atoms with E-state index in [4.69, 9.17) is 11.6 Å². The van der Waals surface area contributed by atoms with Crippen LogP contribution in [0.3, 0.4) is 0 Å². The zero-order valence-electron chi connectivity index (χ0n) is 10.7. The molecule has 1 aliphatic rings.